The Morgan fingerprint density at radius 3 is 2.76 bits per heavy atom. The van der Waals surface area contributed by atoms with Gasteiger partial charge in [-0.1, -0.05) is 19.3 Å². The molecule has 3 aliphatic rings. The van der Waals surface area contributed by atoms with Crippen LogP contribution in [0, 0.1) is 0 Å². The Morgan fingerprint density at radius 2 is 1.86 bits per heavy atom. The summed E-state index contributed by atoms with van der Waals surface area (Å²) in [6.45, 7) is 3.32. The number of fused-ring (bicyclic) bond motifs is 1. The Bertz CT molecular complexity index is 499. The smallest absolute Gasteiger partial charge is 0.135 e. The highest BCUT2D eigenvalue weighted by Gasteiger charge is 2.41. The molecule has 2 aliphatic carbocycles. The minimum absolute atomic E-state index is 0.316. The summed E-state index contributed by atoms with van der Waals surface area (Å²) in [6.07, 6.45) is 13.5. The second-order valence-electron chi connectivity index (χ2n) is 6.94. The quantitative estimate of drug-likeness (QED) is 0.861. The van der Waals surface area contributed by atoms with Gasteiger partial charge in [-0.3, -0.25) is 0 Å². The highest BCUT2D eigenvalue weighted by Crippen LogP contribution is 2.39. The molecule has 1 spiro atoms. The normalized spacial score (nSPS) is 24.9. The van der Waals surface area contributed by atoms with Crippen molar-refractivity contribution in [2.24, 2.45) is 0 Å². The van der Waals surface area contributed by atoms with E-state index in [1.165, 1.54) is 68.4 Å². The second kappa shape index (κ2) is 5.56. The van der Waals surface area contributed by atoms with Gasteiger partial charge in [0.15, 0.2) is 0 Å². The van der Waals surface area contributed by atoms with Gasteiger partial charge in [0.05, 0.1) is 5.54 Å². The SMILES string of the molecule is c1nc2c(c(N3CCNCC34CCCCC4)n1)CCCC2. The Morgan fingerprint density at radius 1 is 1.00 bits per heavy atom. The van der Waals surface area contributed by atoms with Crippen molar-refractivity contribution >= 4 is 5.82 Å². The van der Waals surface area contributed by atoms with Gasteiger partial charge in [0, 0.05) is 30.9 Å². The van der Waals surface area contributed by atoms with Crippen molar-refractivity contribution in [1.82, 2.24) is 15.3 Å². The summed E-state index contributed by atoms with van der Waals surface area (Å²) in [4.78, 5) is 12.0. The molecule has 0 radical (unpaired) electrons. The molecule has 0 aromatic carbocycles. The summed E-state index contributed by atoms with van der Waals surface area (Å²) >= 11 is 0. The number of hydrogen-bond acceptors (Lipinski definition) is 4. The average molecular weight is 286 g/mol. The van der Waals surface area contributed by atoms with Crippen LogP contribution in [0.25, 0.3) is 0 Å². The van der Waals surface area contributed by atoms with Crippen LogP contribution < -0.4 is 10.2 Å². The fourth-order valence-corrected chi connectivity index (χ4v) is 4.57. The van der Waals surface area contributed by atoms with Crippen LogP contribution in [-0.2, 0) is 12.8 Å². The van der Waals surface area contributed by atoms with E-state index >= 15 is 0 Å². The van der Waals surface area contributed by atoms with E-state index in [1.807, 2.05) is 0 Å². The number of anilines is 1. The largest absolute Gasteiger partial charge is 0.348 e. The first-order valence-electron chi connectivity index (χ1n) is 8.70. The molecule has 1 aromatic heterocycles. The molecule has 4 heteroatoms. The average Bonchev–Trinajstić information content (AvgIpc) is 2.56. The molecular formula is C17H26N4. The molecule has 4 nitrogen and oxygen atoms in total. The highest BCUT2D eigenvalue weighted by molar-refractivity contribution is 5.52. The fourth-order valence-electron chi connectivity index (χ4n) is 4.57. The third-order valence-electron chi connectivity index (χ3n) is 5.68. The highest BCUT2D eigenvalue weighted by atomic mass is 15.3. The molecule has 0 unspecified atom stereocenters. The van der Waals surface area contributed by atoms with Crippen LogP contribution in [0.5, 0.6) is 0 Å². The molecule has 1 aliphatic heterocycles. The number of nitrogens with zero attached hydrogens (tertiary/aromatic N) is 3. The van der Waals surface area contributed by atoms with E-state index in [0.29, 0.717) is 5.54 Å². The van der Waals surface area contributed by atoms with Crippen molar-refractivity contribution in [2.75, 3.05) is 24.5 Å². The van der Waals surface area contributed by atoms with Gasteiger partial charge in [0.1, 0.15) is 12.1 Å². The van der Waals surface area contributed by atoms with Gasteiger partial charge in [-0.2, -0.15) is 0 Å². The summed E-state index contributed by atoms with van der Waals surface area (Å²) in [5, 5.41) is 3.64. The van der Waals surface area contributed by atoms with Crippen LogP contribution in [0.3, 0.4) is 0 Å². The zero-order valence-electron chi connectivity index (χ0n) is 12.9. The van der Waals surface area contributed by atoms with Crippen LogP contribution in [0.1, 0.15) is 56.2 Å². The van der Waals surface area contributed by atoms with E-state index in [0.717, 1.165) is 26.1 Å². The van der Waals surface area contributed by atoms with Crippen molar-refractivity contribution in [1.29, 1.82) is 0 Å². The predicted octanol–water partition coefficient (Wildman–Crippen LogP) is 2.47. The number of piperazine rings is 1. The number of rotatable bonds is 1. The molecule has 1 aromatic rings. The molecule has 0 amide bonds. The molecular weight excluding hydrogens is 260 g/mol. The standard InChI is InChI=1S/C17H26N4/c1-4-8-17(9-5-1)12-18-10-11-21(17)16-14-6-2-3-7-15(14)19-13-20-16/h13,18H,1-12H2. The predicted molar refractivity (Wildman–Crippen MR) is 84.7 cm³/mol. The van der Waals surface area contributed by atoms with Crippen LogP contribution >= 0.6 is 0 Å². The lowest BCUT2D eigenvalue weighted by molar-refractivity contribution is 0.239. The second-order valence-corrected chi connectivity index (χ2v) is 6.94. The first kappa shape index (κ1) is 13.5. The molecule has 2 heterocycles. The lowest BCUT2D eigenvalue weighted by atomic mass is 9.78. The molecule has 4 rings (SSSR count). The van der Waals surface area contributed by atoms with E-state index in [4.69, 9.17) is 4.98 Å². The molecule has 1 N–H and O–H groups in total. The van der Waals surface area contributed by atoms with E-state index in [-0.39, 0.29) is 0 Å². The maximum Gasteiger partial charge on any atom is 0.135 e. The third kappa shape index (κ3) is 2.33. The molecule has 0 bridgehead atoms. The number of aromatic nitrogens is 2. The van der Waals surface area contributed by atoms with Crippen LogP contribution in [0.2, 0.25) is 0 Å². The maximum atomic E-state index is 4.75. The summed E-state index contributed by atoms with van der Waals surface area (Å²) in [7, 11) is 0. The minimum atomic E-state index is 0.316. The minimum Gasteiger partial charge on any atom is -0.348 e. The Kier molecular flexibility index (Phi) is 3.57. The molecule has 2 fully saturated rings. The van der Waals surface area contributed by atoms with E-state index in [2.05, 4.69) is 15.2 Å². The van der Waals surface area contributed by atoms with Crippen molar-refractivity contribution < 1.29 is 0 Å². The molecule has 1 saturated carbocycles. The molecule has 1 saturated heterocycles. The number of aryl methyl sites for hydroxylation is 1. The van der Waals surface area contributed by atoms with Gasteiger partial charge in [0.2, 0.25) is 0 Å². The molecule has 0 atom stereocenters. The molecule has 114 valence electrons. The van der Waals surface area contributed by atoms with E-state index in [9.17, 15) is 0 Å². The zero-order valence-corrected chi connectivity index (χ0v) is 12.9. The van der Waals surface area contributed by atoms with Crippen molar-refractivity contribution in [3.05, 3.63) is 17.6 Å². The van der Waals surface area contributed by atoms with Gasteiger partial charge >= 0.3 is 0 Å². The van der Waals surface area contributed by atoms with E-state index in [1.54, 1.807) is 6.33 Å². The van der Waals surface area contributed by atoms with E-state index < -0.39 is 0 Å². The van der Waals surface area contributed by atoms with Crippen LogP contribution in [0.4, 0.5) is 5.82 Å². The number of nitrogens with one attached hydrogen (secondary N) is 1. The van der Waals surface area contributed by atoms with Gasteiger partial charge in [-0.05, 0) is 38.5 Å². The third-order valence-corrected chi connectivity index (χ3v) is 5.68. The first-order valence-corrected chi connectivity index (χ1v) is 8.70. The lowest BCUT2D eigenvalue weighted by Crippen LogP contribution is -2.62. The monoisotopic (exact) mass is 286 g/mol. The summed E-state index contributed by atoms with van der Waals surface area (Å²) < 4.78 is 0. The van der Waals surface area contributed by atoms with Gasteiger partial charge in [-0.15, -0.1) is 0 Å². The van der Waals surface area contributed by atoms with Crippen molar-refractivity contribution in [2.45, 2.75) is 63.3 Å². The van der Waals surface area contributed by atoms with Gasteiger partial charge in [0.25, 0.3) is 0 Å². The maximum absolute atomic E-state index is 4.75. The van der Waals surface area contributed by atoms with Crippen LogP contribution in [0.15, 0.2) is 6.33 Å². The topological polar surface area (TPSA) is 41.1 Å². The van der Waals surface area contributed by atoms with Crippen molar-refractivity contribution in [3.8, 4) is 0 Å². The van der Waals surface area contributed by atoms with Crippen molar-refractivity contribution in [3.63, 3.8) is 0 Å². The Labute approximate surface area is 127 Å². The summed E-state index contributed by atoms with van der Waals surface area (Å²) in [5.74, 6) is 1.27. The lowest BCUT2D eigenvalue weighted by Gasteiger charge is -2.51. The van der Waals surface area contributed by atoms with Crippen LogP contribution in [-0.4, -0.2) is 35.1 Å². The Hall–Kier alpha value is -1.16. The Balaban J connectivity index is 1.73. The number of hydrogen-bond donors (Lipinski definition) is 1. The first-order chi connectivity index (χ1) is 10.4. The summed E-state index contributed by atoms with van der Waals surface area (Å²) in [6, 6.07) is 0. The molecule has 21 heavy (non-hydrogen) atoms. The zero-order chi connectivity index (χ0) is 14.1. The fraction of sp³-hybridized carbons (Fsp3) is 0.765. The van der Waals surface area contributed by atoms with Gasteiger partial charge in [-0.25, -0.2) is 9.97 Å². The van der Waals surface area contributed by atoms with Gasteiger partial charge < -0.3 is 10.2 Å². The summed E-state index contributed by atoms with van der Waals surface area (Å²) in [5.41, 5.74) is 3.09.